The molecule has 0 bridgehead atoms. The summed E-state index contributed by atoms with van der Waals surface area (Å²) in [6.45, 7) is 2.11. The smallest absolute Gasteiger partial charge is 0.189 e. The van der Waals surface area contributed by atoms with Crippen LogP contribution in [-0.4, -0.2) is 37.0 Å². The molecule has 1 atom stereocenters. The van der Waals surface area contributed by atoms with Crippen LogP contribution in [0.5, 0.6) is 0 Å². The number of nitrogens with one attached hydrogen (secondary N) is 1. The summed E-state index contributed by atoms with van der Waals surface area (Å²) in [6, 6.07) is 17.2. The lowest BCUT2D eigenvalue weighted by atomic mass is 9.97. The molecule has 0 saturated carbocycles. The van der Waals surface area contributed by atoms with Gasteiger partial charge in [-0.15, -0.1) is 0 Å². The number of hydrogen-bond donors (Lipinski definition) is 1. The first-order valence-electron chi connectivity index (χ1n) is 8.42. The molecule has 2 aromatic carbocycles. The van der Waals surface area contributed by atoms with Crippen LogP contribution < -0.4 is 10.2 Å². The normalized spacial score (nSPS) is 16.6. The van der Waals surface area contributed by atoms with Crippen molar-refractivity contribution < 1.29 is 0 Å². The first-order chi connectivity index (χ1) is 12.0. The Bertz CT molecular complexity index is 813. The van der Waals surface area contributed by atoms with E-state index in [1.807, 2.05) is 26.2 Å². The second-order valence-electron chi connectivity index (χ2n) is 6.53. The van der Waals surface area contributed by atoms with Crippen molar-refractivity contribution in [1.29, 1.82) is 0 Å². The number of rotatable bonds is 3. The maximum atomic E-state index is 5.49. The topological polar surface area (TPSA) is 30.9 Å². The summed E-state index contributed by atoms with van der Waals surface area (Å²) in [7, 11) is 5.94. The second-order valence-corrected chi connectivity index (χ2v) is 6.91. The van der Waals surface area contributed by atoms with Crippen LogP contribution in [0, 0.1) is 6.92 Å². The van der Waals surface area contributed by atoms with E-state index in [0.29, 0.717) is 5.11 Å². The monoisotopic (exact) mass is 352 g/mol. The Morgan fingerprint density at radius 2 is 1.96 bits per heavy atom. The van der Waals surface area contributed by atoms with Gasteiger partial charge in [0.15, 0.2) is 5.11 Å². The SMILES string of the molecule is CNC(=S)N1N=C(c2cccc(N(C)C)c2)C[C@H]1c1cccc(C)c1. The summed E-state index contributed by atoms with van der Waals surface area (Å²) in [6.07, 6.45) is 0.835. The molecule has 2 aromatic rings. The Morgan fingerprint density at radius 3 is 2.64 bits per heavy atom. The number of benzene rings is 2. The van der Waals surface area contributed by atoms with Gasteiger partial charge >= 0.3 is 0 Å². The van der Waals surface area contributed by atoms with Crippen LogP contribution in [0.15, 0.2) is 53.6 Å². The molecule has 0 aromatic heterocycles. The molecule has 3 rings (SSSR count). The molecule has 1 aliphatic heterocycles. The van der Waals surface area contributed by atoms with Gasteiger partial charge in [-0.1, -0.05) is 42.0 Å². The predicted octanol–water partition coefficient (Wildman–Crippen LogP) is 3.72. The third-order valence-corrected chi connectivity index (χ3v) is 4.85. The first-order valence-corrected chi connectivity index (χ1v) is 8.83. The van der Waals surface area contributed by atoms with E-state index in [1.54, 1.807) is 0 Å². The zero-order chi connectivity index (χ0) is 18.0. The Balaban J connectivity index is 1.97. The number of hydrazone groups is 1. The van der Waals surface area contributed by atoms with Gasteiger partial charge in [0.05, 0.1) is 11.8 Å². The summed E-state index contributed by atoms with van der Waals surface area (Å²) < 4.78 is 0. The van der Waals surface area contributed by atoms with Gasteiger partial charge in [-0.25, -0.2) is 5.01 Å². The van der Waals surface area contributed by atoms with Crippen LogP contribution in [-0.2, 0) is 0 Å². The van der Waals surface area contributed by atoms with Gasteiger partial charge in [-0.3, -0.25) is 0 Å². The minimum atomic E-state index is 0.123. The average Bonchev–Trinajstić information content (AvgIpc) is 3.06. The zero-order valence-electron chi connectivity index (χ0n) is 15.2. The van der Waals surface area contributed by atoms with E-state index in [0.717, 1.165) is 17.7 Å². The lowest BCUT2D eigenvalue weighted by Gasteiger charge is -2.24. The highest BCUT2D eigenvalue weighted by molar-refractivity contribution is 7.80. The number of thiocarbonyl (C=S) groups is 1. The van der Waals surface area contributed by atoms with E-state index < -0.39 is 0 Å². The molecule has 0 spiro atoms. The van der Waals surface area contributed by atoms with Crippen molar-refractivity contribution in [1.82, 2.24) is 10.3 Å². The summed E-state index contributed by atoms with van der Waals surface area (Å²) in [4.78, 5) is 2.10. The highest BCUT2D eigenvalue weighted by Gasteiger charge is 2.31. The minimum absolute atomic E-state index is 0.123. The molecule has 0 radical (unpaired) electrons. The largest absolute Gasteiger partial charge is 0.378 e. The van der Waals surface area contributed by atoms with Crippen molar-refractivity contribution in [2.24, 2.45) is 5.10 Å². The van der Waals surface area contributed by atoms with Crippen molar-refractivity contribution >= 4 is 28.7 Å². The first kappa shape index (κ1) is 17.4. The van der Waals surface area contributed by atoms with Crippen LogP contribution in [0.2, 0.25) is 0 Å². The third-order valence-electron chi connectivity index (χ3n) is 4.45. The van der Waals surface area contributed by atoms with Gasteiger partial charge in [0.1, 0.15) is 0 Å². The van der Waals surface area contributed by atoms with E-state index in [-0.39, 0.29) is 6.04 Å². The molecule has 0 saturated heterocycles. The van der Waals surface area contributed by atoms with Crippen LogP contribution in [0.4, 0.5) is 5.69 Å². The summed E-state index contributed by atoms with van der Waals surface area (Å²) in [5, 5.41) is 10.5. The summed E-state index contributed by atoms with van der Waals surface area (Å²) in [5.74, 6) is 0. The average molecular weight is 353 g/mol. The van der Waals surface area contributed by atoms with Crippen molar-refractivity contribution in [2.45, 2.75) is 19.4 Å². The van der Waals surface area contributed by atoms with Gasteiger partial charge in [-0.05, 0) is 42.4 Å². The maximum absolute atomic E-state index is 5.49. The third kappa shape index (κ3) is 3.66. The Morgan fingerprint density at radius 1 is 1.20 bits per heavy atom. The Kier molecular flexibility index (Phi) is 5.04. The van der Waals surface area contributed by atoms with E-state index in [1.165, 1.54) is 16.8 Å². The highest BCUT2D eigenvalue weighted by atomic mass is 32.1. The molecule has 4 nitrogen and oxygen atoms in total. The molecule has 130 valence electrons. The van der Waals surface area contributed by atoms with Crippen LogP contribution in [0.1, 0.15) is 29.2 Å². The van der Waals surface area contributed by atoms with Crippen LogP contribution in [0.3, 0.4) is 0 Å². The molecule has 0 unspecified atom stereocenters. The van der Waals surface area contributed by atoms with Gasteiger partial charge in [0, 0.05) is 33.3 Å². The molecule has 5 heteroatoms. The highest BCUT2D eigenvalue weighted by Crippen LogP contribution is 2.33. The lowest BCUT2D eigenvalue weighted by Crippen LogP contribution is -2.34. The Hall–Kier alpha value is -2.40. The molecule has 25 heavy (non-hydrogen) atoms. The molecular formula is C20H24N4S. The summed E-state index contributed by atoms with van der Waals surface area (Å²) >= 11 is 5.49. The van der Waals surface area contributed by atoms with Gasteiger partial charge in [0.2, 0.25) is 0 Å². The molecule has 1 heterocycles. The zero-order valence-corrected chi connectivity index (χ0v) is 16.0. The molecule has 1 N–H and O–H groups in total. The standard InChI is InChI=1S/C20H24N4S/c1-14-7-5-9-16(11-14)19-13-18(22-24(19)20(25)21-2)15-8-6-10-17(12-15)23(3)4/h5-12,19H,13H2,1-4H3,(H,21,25)/t19-/m0/s1. The summed E-state index contributed by atoms with van der Waals surface area (Å²) in [5.41, 5.74) is 5.86. The number of anilines is 1. The molecular weight excluding hydrogens is 328 g/mol. The fourth-order valence-electron chi connectivity index (χ4n) is 3.09. The number of hydrogen-bond acceptors (Lipinski definition) is 3. The Labute approximate surface area is 155 Å². The van der Waals surface area contributed by atoms with E-state index in [9.17, 15) is 0 Å². The van der Waals surface area contributed by atoms with E-state index >= 15 is 0 Å². The minimum Gasteiger partial charge on any atom is -0.378 e. The predicted molar refractivity (Wildman–Crippen MR) is 109 cm³/mol. The van der Waals surface area contributed by atoms with Crippen LogP contribution in [0.25, 0.3) is 0 Å². The van der Waals surface area contributed by atoms with Crippen LogP contribution >= 0.6 is 12.2 Å². The van der Waals surface area contributed by atoms with E-state index in [2.05, 4.69) is 65.7 Å². The molecule has 0 fully saturated rings. The van der Waals surface area contributed by atoms with Gasteiger partial charge in [-0.2, -0.15) is 5.10 Å². The number of aryl methyl sites for hydroxylation is 1. The number of nitrogens with zero attached hydrogens (tertiary/aromatic N) is 3. The molecule has 0 amide bonds. The van der Waals surface area contributed by atoms with Crippen molar-refractivity contribution in [3.63, 3.8) is 0 Å². The van der Waals surface area contributed by atoms with Crippen molar-refractivity contribution in [3.05, 3.63) is 65.2 Å². The lowest BCUT2D eigenvalue weighted by molar-refractivity contribution is 0.366. The second kappa shape index (κ2) is 7.23. The quantitative estimate of drug-likeness (QED) is 0.853. The van der Waals surface area contributed by atoms with Gasteiger partial charge < -0.3 is 10.2 Å². The van der Waals surface area contributed by atoms with Crippen molar-refractivity contribution in [3.8, 4) is 0 Å². The van der Waals surface area contributed by atoms with E-state index in [4.69, 9.17) is 17.3 Å². The maximum Gasteiger partial charge on any atom is 0.189 e. The fourth-order valence-corrected chi connectivity index (χ4v) is 3.26. The molecule has 1 aliphatic rings. The fraction of sp³-hybridized carbons (Fsp3) is 0.300. The molecule has 0 aliphatic carbocycles. The van der Waals surface area contributed by atoms with Crippen molar-refractivity contribution in [2.75, 3.05) is 26.0 Å². The van der Waals surface area contributed by atoms with Gasteiger partial charge in [0.25, 0.3) is 0 Å².